The van der Waals surface area contributed by atoms with Crippen LogP contribution in [0.25, 0.3) is 5.65 Å². The molecule has 2 aromatic rings. The molecule has 0 saturated carbocycles. The van der Waals surface area contributed by atoms with Gasteiger partial charge in [-0.05, 0) is 18.1 Å². The highest BCUT2D eigenvalue weighted by Gasteiger charge is 2.58. The molecule has 0 aliphatic rings. The Bertz CT molecular complexity index is 725. The molecule has 2 aromatic heterocycles. The molecule has 0 aromatic carbocycles. The van der Waals surface area contributed by atoms with Gasteiger partial charge in [-0.25, -0.2) is 4.98 Å². The molecule has 0 amide bonds. The Morgan fingerprint density at radius 1 is 1.14 bits per heavy atom. The third kappa shape index (κ3) is 2.95. The van der Waals surface area contributed by atoms with E-state index in [-0.39, 0.29) is 6.42 Å². The molecule has 2 rings (SSSR count). The molecule has 5 N–H and O–H groups in total. The van der Waals surface area contributed by atoms with Crippen LogP contribution >= 0.6 is 15.2 Å². The van der Waals surface area contributed by atoms with Gasteiger partial charge < -0.3 is 29.1 Å². The first-order chi connectivity index (χ1) is 9.56. The third-order valence-electron chi connectivity index (χ3n) is 3.16. The van der Waals surface area contributed by atoms with E-state index >= 15 is 0 Å². The molecule has 0 aliphatic carbocycles. The maximum Gasteiger partial charge on any atom is 0.369 e. The molecule has 9 nitrogen and oxygen atoms in total. The fourth-order valence-electron chi connectivity index (χ4n) is 1.97. The molecule has 0 atom stereocenters. The van der Waals surface area contributed by atoms with E-state index in [0.29, 0.717) is 11.2 Å². The summed E-state index contributed by atoms with van der Waals surface area (Å²) < 4.78 is 24.2. The molecule has 0 spiro atoms. The topological polar surface area (TPSA) is 153 Å². The first-order valence-corrected chi connectivity index (χ1v) is 9.03. The molecule has 2 heterocycles. The van der Waals surface area contributed by atoms with Crippen LogP contribution in [0.4, 0.5) is 0 Å². The quantitative estimate of drug-likeness (QED) is 0.488. The lowest BCUT2D eigenvalue weighted by Crippen LogP contribution is -2.29. The Balaban J connectivity index is 2.34. The van der Waals surface area contributed by atoms with Gasteiger partial charge in [-0.2, -0.15) is 0 Å². The number of pyridine rings is 1. The SMILES string of the molecule is O=P(O)(O)C(O)(CCc1cccn2ccnc12)P(=O)(O)O. The molecule has 0 saturated heterocycles. The van der Waals surface area contributed by atoms with Gasteiger partial charge in [0.25, 0.3) is 5.08 Å². The van der Waals surface area contributed by atoms with Crippen LogP contribution in [0.3, 0.4) is 0 Å². The number of aromatic nitrogens is 2. The van der Waals surface area contributed by atoms with E-state index < -0.39 is 26.7 Å². The Kier molecular flexibility index (Phi) is 4.12. The maximum absolute atomic E-state index is 11.3. The summed E-state index contributed by atoms with van der Waals surface area (Å²) in [6.07, 6.45) is 3.90. The highest BCUT2D eigenvalue weighted by atomic mass is 31.2. The Hall–Kier alpha value is -1.05. The van der Waals surface area contributed by atoms with E-state index in [2.05, 4.69) is 4.98 Å². The van der Waals surface area contributed by atoms with E-state index in [9.17, 15) is 14.2 Å². The summed E-state index contributed by atoms with van der Waals surface area (Å²) in [4.78, 5) is 40.3. The van der Waals surface area contributed by atoms with Crippen molar-refractivity contribution in [3.05, 3.63) is 36.3 Å². The van der Waals surface area contributed by atoms with Gasteiger partial charge in [0, 0.05) is 25.0 Å². The number of nitrogens with zero attached hydrogens (tertiary/aromatic N) is 2. The summed E-state index contributed by atoms with van der Waals surface area (Å²) in [5, 5.41) is 6.41. The molecule has 0 unspecified atom stereocenters. The largest absolute Gasteiger partial charge is 0.369 e. The number of fused-ring (bicyclic) bond motifs is 1. The summed E-state index contributed by atoms with van der Waals surface area (Å²) in [6.45, 7) is 0. The Morgan fingerprint density at radius 2 is 1.76 bits per heavy atom. The number of imidazole rings is 1. The molecule has 0 aliphatic heterocycles. The molecular weight excluding hydrogens is 322 g/mol. The van der Waals surface area contributed by atoms with Crippen molar-refractivity contribution in [1.29, 1.82) is 0 Å². The average molecular weight is 336 g/mol. The molecule has 116 valence electrons. The zero-order chi connectivity index (χ0) is 15.9. The summed E-state index contributed by atoms with van der Waals surface area (Å²) in [5.41, 5.74) is 0.985. The summed E-state index contributed by atoms with van der Waals surface area (Å²) >= 11 is 0. The van der Waals surface area contributed by atoms with Gasteiger partial charge in [0.05, 0.1) is 0 Å². The summed E-state index contributed by atoms with van der Waals surface area (Å²) in [6, 6.07) is 3.25. The summed E-state index contributed by atoms with van der Waals surface area (Å²) in [5.74, 6) is 0. The minimum atomic E-state index is -5.43. The second-order valence-corrected chi connectivity index (χ2v) is 8.56. The smallest absolute Gasteiger partial charge is 0.368 e. The van der Waals surface area contributed by atoms with E-state index in [0.717, 1.165) is 0 Å². The fraction of sp³-hybridized carbons (Fsp3) is 0.300. The molecular formula is C10H14N2O7P2. The molecule has 0 bridgehead atoms. The van der Waals surface area contributed by atoms with Crippen LogP contribution in [-0.2, 0) is 15.6 Å². The number of rotatable bonds is 5. The predicted molar refractivity (Wildman–Crippen MR) is 72.6 cm³/mol. The van der Waals surface area contributed by atoms with Gasteiger partial charge >= 0.3 is 15.2 Å². The first-order valence-electron chi connectivity index (χ1n) is 5.80. The van der Waals surface area contributed by atoms with Crippen LogP contribution in [0, 0.1) is 0 Å². The van der Waals surface area contributed by atoms with Crippen LogP contribution in [0.1, 0.15) is 12.0 Å². The number of aryl methyl sites for hydroxylation is 1. The zero-order valence-corrected chi connectivity index (χ0v) is 12.4. The first kappa shape index (κ1) is 16.3. The number of hydrogen-bond donors (Lipinski definition) is 5. The molecule has 0 fully saturated rings. The second kappa shape index (κ2) is 5.30. The van der Waals surface area contributed by atoms with E-state index in [4.69, 9.17) is 19.6 Å². The lowest BCUT2D eigenvalue weighted by atomic mass is 10.1. The van der Waals surface area contributed by atoms with Crippen LogP contribution in [-0.4, -0.2) is 39.1 Å². The van der Waals surface area contributed by atoms with Crippen molar-refractivity contribution in [3.8, 4) is 0 Å². The van der Waals surface area contributed by atoms with Crippen molar-refractivity contribution < 1.29 is 33.8 Å². The van der Waals surface area contributed by atoms with Gasteiger partial charge in [-0.1, -0.05) is 6.07 Å². The van der Waals surface area contributed by atoms with Crippen LogP contribution in [0.15, 0.2) is 30.7 Å². The molecule has 0 radical (unpaired) electrons. The summed E-state index contributed by atoms with van der Waals surface area (Å²) in [7, 11) is -10.9. The highest BCUT2D eigenvalue weighted by molar-refractivity contribution is 7.72. The normalized spacial score (nSPS) is 13.8. The zero-order valence-electron chi connectivity index (χ0n) is 10.6. The second-order valence-electron chi connectivity index (χ2n) is 4.55. The van der Waals surface area contributed by atoms with Crippen molar-refractivity contribution in [2.75, 3.05) is 0 Å². The maximum atomic E-state index is 11.3. The lowest BCUT2D eigenvalue weighted by molar-refractivity contribution is 0.123. The van der Waals surface area contributed by atoms with Gasteiger partial charge in [0.1, 0.15) is 5.65 Å². The van der Waals surface area contributed by atoms with Gasteiger partial charge in [0.15, 0.2) is 0 Å². The minimum absolute atomic E-state index is 0.159. The standard InChI is InChI=1S/C10H14N2O7P2/c13-10(20(14,15)16,21(17,18)19)4-3-8-2-1-6-12-7-5-11-9(8)12/h1-2,5-7,13H,3-4H2,(H2,14,15,16)(H2,17,18,19). The van der Waals surface area contributed by atoms with Crippen LogP contribution in [0.5, 0.6) is 0 Å². The van der Waals surface area contributed by atoms with Gasteiger partial charge in [0.2, 0.25) is 0 Å². The fourth-order valence-corrected chi connectivity index (χ4v) is 4.13. The predicted octanol–water partition coefficient (Wildman–Crippen LogP) is 0.268. The molecule has 21 heavy (non-hydrogen) atoms. The van der Waals surface area contributed by atoms with Crippen molar-refractivity contribution in [2.45, 2.75) is 17.9 Å². The Labute approximate surface area is 119 Å². The van der Waals surface area contributed by atoms with Crippen molar-refractivity contribution in [1.82, 2.24) is 9.38 Å². The lowest BCUT2D eigenvalue weighted by Gasteiger charge is -2.29. The van der Waals surface area contributed by atoms with Crippen LogP contribution < -0.4 is 0 Å². The third-order valence-corrected chi connectivity index (χ3v) is 7.04. The van der Waals surface area contributed by atoms with Crippen molar-refractivity contribution in [3.63, 3.8) is 0 Å². The van der Waals surface area contributed by atoms with Crippen molar-refractivity contribution in [2.24, 2.45) is 0 Å². The van der Waals surface area contributed by atoms with Crippen LogP contribution in [0.2, 0.25) is 0 Å². The van der Waals surface area contributed by atoms with E-state index in [1.54, 1.807) is 28.9 Å². The monoisotopic (exact) mass is 336 g/mol. The average Bonchev–Trinajstić information content (AvgIpc) is 2.81. The van der Waals surface area contributed by atoms with Crippen molar-refractivity contribution >= 4 is 20.8 Å². The number of hydrogen-bond acceptors (Lipinski definition) is 4. The van der Waals surface area contributed by atoms with Gasteiger partial charge in [-0.3, -0.25) is 9.13 Å². The Morgan fingerprint density at radius 3 is 2.33 bits per heavy atom. The van der Waals surface area contributed by atoms with E-state index in [1.165, 1.54) is 6.20 Å². The molecule has 11 heteroatoms. The highest BCUT2D eigenvalue weighted by Crippen LogP contribution is 2.69. The number of aliphatic hydroxyl groups is 1. The van der Waals surface area contributed by atoms with Gasteiger partial charge in [-0.15, -0.1) is 0 Å². The minimum Gasteiger partial charge on any atom is -0.368 e. The van der Waals surface area contributed by atoms with E-state index in [1.807, 2.05) is 0 Å².